The van der Waals surface area contributed by atoms with Crippen molar-refractivity contribution in [2.75, 3.05) is 11.1 Å². The van der Waals surface area contributed by atoms with Crippen LogP contribution >= 0.6 is 11.8 Å². The summed E-state index contributed by atoms with van der Waals surface area (Å²) >= 11 is 1.12. The molecule has 2 aromatic carbocycles. The van der Waals surface area contributed by atoms with Crippen LogP contribution in [0.5, 0.6) is 0 Å². The van der Waals surface area contributed by atoms with Gasteiger partial charge in [0.05, 0.1) is 17.4 Å². The number of nitrogens with one attached hydrogen (secondary N) is 2. The van der Waals surface area contributed by atoms with E-state index in [1.807, 2.05) is 31.4 Å². The largest absolute Gasteiger partial charge is 0.416 e. The smallest absolute Gasteiger partial charge is 0.342 e. The van der Waals surface area contributed by atoms with Gasteiger partial charge in [0.1, 0.15) is 0 Å². The zero-order chi connectivity index (χ0) is 25.6. The van der Waals surface area contributed by atoms with Gasteiger partial charge in [0.2, 0.25) is 5.91 Å². The minimum absolute atomic E-state index is 0.0132. The highest BCUT2D eigenvalue weighted by Gasteiger charge is 2.30. The van der Waals surface area contributed by atoms with E-state index in [1.54, 1.807) is 24.3 Å². The van der Waals surface area contributed by atoms with E-state index in [0.29, 0.717) is 23.1 Å². The van der Waals surface area contributed by atoms with Crippen molar-refractivity contribution in [3.05, 3.63) is 71.5 Å². The summed E-state index contributed by atoms with van der Waals surface area (Å²) in [7, 11) is 0. The number of aromatic nitrogens is 3. The molecule has 0 fully saturated rings. The standard InChI is InChI=1S/C24H26F3N5O2S/c1-4-32-21(20(15(2)3)29-22(34)16-9-6-5-7-10-16)30-31-23(32)35-14-19(33)28-18-12-8-11-17(13-18)24(25,26)27/h5-13,15,20H,4,14H2,1-3H3,(H,28,33)(H,29,34)/t20-/m1/s1. The number of halogens is 3. The van der Waals surface area contributed by atoms with Crippen molar-refractivity contribution in [1.82, 2.24) is 20.1 Å². The number of nitrogens with zero attached hydrogens (tertiary/aromatic N) is 3. The molecular formula is C24H26F3N5O2S. The normalized spacial score (nSPS) is 12.4. The van der Waals surface area contributed by atoms with E-state index >= 15 is 0 Å². The molecule has 3 rings (SSSR count). The van der Waals surface area contributed by atoms with Crippen molar-refractivity contribution >= 4 is 29.3 Å². The first kappa shape index (κ1) is 26.3. The molecule has 0 bridgehead atoms. The highest BCUT2D eigenvalue weighted by molar-refractivity contribution is 7.99. The van der Waals surface area contributed by atoms with Gasteiger partial charge in [-0.2, -0.15) is 13.2 Å². The molecule has 3 aromatic rings. The fraction of sp³-hybridized carbons (Fsp3) is 0.333. The molecule has 0 spiro atoms. The third-order valence-electron chi connectivity index (χ3n) is 5.14. The molecule has 0 radical (unpaired) electrons. The second kappa shape index (κ2) is 11.4. The molecule has 11 heteroatoms. The second-order valence-electron chi connectivity index (χ2n) is 8.06. The van der Waals surface area contributed by atoms with E-state index in [0.717, 1.165) is 23.9 Å². The fourth-order valence-corrected chi connectivity index (χ4v) is 4.19. The molecular weight excluding hydrogens is 479 g/mol. The van der Waals surface area contributed by atoms with Gasteiger partial charge < -0.3 is 15.2 Å². The number of thioether (sulfide) groups is 1. The van der Waals surface area contributed by atoms with Crippen molar-refractivity contribution in [2.24, 2.45) is 5.92 Å². The predicted molar refractivity (Wildman–Crippen MR) is 128 cm³/mol. The number of hydrogen-bond donors (Lipinski definition) is 2. The summed E-state index contributed by atoms with van der Waals surface area (Å²) in [5, 5.41) is 14.4. The summed E-state index contributed by atoms with van der Waals surface area (Å²) in [6, 6.07) is 12.9. The van der Waals surface area contributed by atoms with Crippen molar-refractivity contribution in [1.29, 1.82) is 0 Å². The Labute approximate surface area is 205 Å². The molecule has 2 amide bonds. The maximum atomic E-state index is 12.9. The van der Waals surface area contributed by atoms with Crippen LogP contribution in [0.25, 0.3) is 0 Å². The third-order valence-corrected chi connectivity index (χ3v) is 6.10. The number of alkyl halides is 3. The molecule has 0 unspecified atom stereocenters. The monoisotopic (exact) mass is 505 g/mol. The SMILES string of the molecule is CCn1c(SCC(=O)Nc2cccc(C(F)(F)F)c2)nnc1[C@H](NC(=O)c1ccccc1)C(C)C. The molecule has 0 saturated carbocycles. The van der Waals surface area contributed by atoms with Crippen LogP contribution in [-0.4, -0.2) is 32.3 Å². The molecule has 0 saturated heterocycles. The van der Waals surface area contributed by atoms with Gasteiger partial charge in [-0.1, -0.05) is 49.9 Å². The van der Waals surface area contributed by atoms with Gasteiger partial charge in [-0.05, 0) is 43.2 Å². The number of benzene rings is 2. The van der Waals surface area contributed by atoms with Gasteiger partial charge in [0, 0.05) is 17.8 Å². The van der Waals surface area contributed by atoms with E-state index in [9.17, 15) is 22.8 Å². The van der Waals surface area contributed by atoms with Gasteiger partial charge in [-0.15, -0.1) is 10.2 Å². The van der Waals surface area contributed by atoms with Crippen molar-refractivity contribution in [3.8, 4) is 0 Å². The lowest BCUT2D eigenvalue weighted by atomic mass is 10.0. The van der Waals surface area contributed by atoms with Gasteiger partial charge >= 0.3 is 6.18 Å². The number of hydrogen-bond acceptors (Lipinski definition) is 5. The van der Waals surface area contributed by atoms with Gasteiger partial charge in [0.25, 0.3) is 5.91 Å². The molecule has 0 aliphatic carbocycles. The zero-order valence-corrected chi connectivity index (χ0v) is 20.3. The fourth-order valence-electron chi connectivity index (χ4n) is 3.38. The Kier molecular flexibility index (Phi) is 8.55. The first-order valence-corrected chi connectivity index (χ1v) is 12.0. The number of anilines is 1. The summed E-state index contributed by atoms with van der Waals surface area (Å²) < 4.78 is 40.5. The molecule has 35 heavy (non-hydrogen) atoms. The second-order valence-corrected chi connectivity index (χ2v) is 9.00. The van der Waals surface area contributed by atoms with Crippen LogP contribution < -0.4 is 10.6 Å². The van der Waals surface area contributed by atoms with Crippen LogP contribution in [0.2, 0.25) is 0 Å². The lowest BCUT2D eigenvalue weighted by Crippen LogP contribution is -2.33. The Balaban J connectivity index is 1.69. The van der Waals surface area contributed by atoms with Gasteiger partial charge in [-0.3, -0.25) is 9.59 Å². The highest BCUT2D eigenvalue weighted by atomic mass is 32.2. The Bertz CT molecular complexity index is 1170. The molecule has 2 N–H and O–H groups in total. The molecule has 0 aliphatic heterocycles. The summed E-state index contributed by atoms with van der Waals surface area (Å²) in [5.74, 6) is -0.201. The highest BCUT2D eigenvalue weighted by Crippen LogP contribution is 2.31. The Morgan fingerprint density at radius 2 is 1.77 bits per heavy atom. The maximum absolute atomic E-state index is 12.9. The summed E-state index contributed by atoms with van der Waals surface area (Å²) in [5.41, 5.74) is -0.247. The Morgan fingerprint density at radius 1 is 1.06 bits per heavy atom. The van der Waals surface area contributed by atoms with E-state index in [2.05, 4.69) is 20.8 Å². The van der Waals surface area contributed by atoms with Crippen molar-refractivity contribution in [3.63, 3.8) is 0 Å². The van der Waals surface area contributed by atoms with E-state index < -0.39 is 23.7 Å². The summed E-state index contributed by atoms with van der Waals surface area (Å²) in [6.45, 7) is 6.32. The molecule has 1 heterocycles. The molecule has 7 nitrogen and oxygen atoms in total. The maximum Gasteiger partial charge on any atom is 0.416 e. The van der Waals surface area contributed by atoms with Crippen molar-refractivity contribution in [2.45, 2.75) is 44.7 Å². The minimum Gasteiger partial charge on any atom is -0.342 e. The third kappa shape index (κ3) is 6.84. The summed E-state index contributed by atoms with van der Waals surface area (Å²) in [6.07, 6.45) is -4.49. The first-order valence-electron chi connectivity index (χ1n) is 11.0. The molecule has 1 atom stereocenters. The lowest BCUT2D eigenvalue weighted by Gasteiger charge is -2.22. The quantitative estimate of drug-likeness (QED) is 0.392. The van der Waals surface area contributed by atoms with Crippen LogP contribution in [0.4, 0.5) is 18.9 Å². The number of carbonyl (C=O) groups excluding carboxylic acids is 2. The number of amides is 2. The van der Waals surface area contributed by atoms with Gasteiger partial charge in [-0.25, -0.2) is 0 Å². The zero-order valence-electron chi connectivity index (χ0n) is 19.5. The molecule has 1 aromatic heterocycles. The topological polar surface area (TPSA) is 88.9 Å². The summed E-state index contributed by atoms with van der Waals surface area (Å²) in [4.78, 5) is 25.1. The number of carbonyl (C=O) groups is 2. The molecule has 186 valence electrons. The van der Waals surface area contributed by atoms with Crippen LogP contribution in [-0.2, 0) is 17.5 Å². The minimum atomic E-state index is -4.49. The average molecular weight is 506 g/mol. The predicted octanol–water partition coefficient (Wildman–Crippen LogP) is 5.17. The number of rotatable bonds is 9. The molecule has 0 aliphatic rings. The van der Waals surface area contributed by atoms with E-state index in [-0.39, 0.29) is 23.3 Å². The van der Waals surface area contributed by atoms with Gasteiger partial charge in [0.15, 0.2) is 11.0 Å². The average Bonchev–Trinajstić information content (AvgIpc) is 3.23. The van der Waals surface area contributed by atoms with Crippen LogP contribution in [0.15, 0.2) is 59.8 Å². The Hall–Kier alpha value is -3.34. The van der Waals surface area contributed by atoms with Crippen LogP contribution in [0, 0.1) is 5.92 Å². The van der Waals surface area contributed by atoms with E-state index in [4.69, 9.17) is 0 Å². The van der Waals surface area contributed by atoms with Crippen molar-refractivity contribution < 1.29 is 22.8 Å². The first-order chi connectivity index (χ1) is 16.6. The van der Waals surface area contributed by atoms with Crippen LogP contribution in [0.1, 0.15) is 48.6 Å². The van der Waals surface area contributed by atoms with E-state index in [1.165, 1.54) is 12.1 Å². The lowest BCUT2D eigenvalue weighted by molar-refractivity contribution is -0.137. The Morgan fingerprint density at radius 3 is 2.40 bits per heavy atom. The van der Waals surface area contributed by atoms with Crippen LogP contribution in [0.3, 0.4) is 0 Å².